The van der Waals surface area contributed by atoms with Crippen molar-refractivity contribution in [2.75, 3.05) is 0 Å². The van der Waals surface area contributed by atoms with Crippen molar-refractivity contribution in [2.24, 2.45) is 11.7 Å². The van der Waals surface area contributed by atoms with Gasteiger partial charge in [0.1, 0.15) is 11.9 Å². The van der Waals surface area contributed by atoms with E-state index in [9.17, 15) is 0 Å². The third kappa shape index (κ3) is 2.64. The van der Waals surface area contributed by atoms with Gasteiger partial charge in [0.15, 0.2) is 0 Å². The number of hydrogen-bond acceptors (Lipinski definition) is 2. The van der Waals surface area contributed by atoms with Crippen LogP contribution in [0.4, 0.5) is 0 Å². The molecule has 2 N–H and O–H groups in total. The van der Waals surface area contributed by atoms with E-state index in [0.29, 0.717) is 0 Å². The highest BCUT2D eigenvalue weighted by Crippen LogP contribution is 2.40. The molecular weight excluding hydrogens is 234 g/mol. The highest BCUT2D eigenvalue weighted by molar-refractivity contribution is 5.40. The highest BCUT2D eigenvalue weighted by atomic mass is 16.5. The predicted molar refractivity (Wildman–Crippen MR) is 78.5 cm³/mol. The summed E-state index contributed by atoms with van der Waals surface area (Å²) in [6.07, 6.45) is 7.25. The molecular formula is C17H25NO. The van der Waals surface area contributed by atoms with Crippen molar-refractivity contribution in [1.82, 2.24) is 0 Å². The number of fused-ring (bicyclic) bond motifs is 1. The topological polar surface area (TPSA) is 35.2 Å². The van der Waals surface area contributed by atoms with Crippen LogP contribution < -0.4 is 10.5 Å². The Morgan fingerprint density at radius 3 is 3.00 bits per heavy atom. The van der Waals surface area contributed by atoms with Gasteiger partial charge in [-0.05, 0) is 43.7 Å². The fourth-order valence-electron chi connectivity index (χ4n) is 3.82. The van der Waals surface area contributed by atoms with Crippen molar-refractivity contribution >= 4 is 0 Å². The lowest BCUT2D eigenvalue weighted by molar-refractivity contribution is 0.178. The zero-order chi connectivity index (χ0) is 13.5. The fraction of sp³-hybridized carbons (Fsp3) is 0.647. The number of nitrogens with two attached hydrogens (primary N) is 1. The maximum Gasteiger partial charge on any atom is 0.123 e. The van der Waals surface area contributed by atoms with Crippen molar-refractivity contribution in [3.05, 3.63) is 29.3 Å². The van der Waals surface area contributed by atoms with E-state index < -0.39 is 0 Å². The van der Waals surface area contributed by atoms with Crippen molar-refractivity contribution in [1.29, 1.82) is 0 Å². The molecule has 0 radical (unpaired) electrons. The molecule has 104 valence electrons. The summed E-state index contributed by atoms with van der Waals surface area (Å²) in [5.74, 6) is 1.90. The van der Waals surface area contributed by atoms with Crippen LogP contribution in [0.5, 0.6) is 5.75 Å². The normalized spacial score (nSPS) is 33.2. The third-order valence-corrected chi connectivity index (χ3v) is 4.91. The van der Waals surface area contributed by atoms with Crippen LogP contribution in [0, 0.1) is 12.8 Å². The van der Waals surface area contributed by atoms with Gasteiger partial charge in [0.2, 0.25) is 0 Å². The molecule has 0 saturated heterocycles. The van der Waals surface area contributed by atoms with E-state index in [1.165, 1.54) is 36.8 Å². The summed E-state index contributed by atoms with van der Waals surface area (Å²) in [6, 6.07) is 6.49. The first kappa shape index (κ1) is 13.0. The number of hydrogen-bond donors (Lipinski definition) is 1. The Labute approximate surface area is 116 Å². The van der Waals surface area contributed by atoms with Crippen LogP contribution in [0.3, 0.4) is 0 Å². The predicted octanol–water partition coefficient (Wildman–Crippen LogP) is 3.60. The van der Waals surface area contributed by atoms with Crippen LogP contribution in [0.1, 0.15) is 50.2 Å². The van der Waals surface area contributed by atoms with Crippen LogP contribution in [0.2, 0.25) is 0 Å². The van der Waals surface area contributed by atoms with E-state index in [2.05, 4.69) is 32.0 Å². The second-order valence-electron chi connectivity index (χ2n) is 6.64. The second kappa shape index (κ2) is 4.82. The van der Waals surface area contributed by atoms with Crippen LogP contribution >= 0.6 is 0 Å². The van der Waals surface area contributed by atoms with Crippen LogP contribution in [0.15, 0.2) is 18.2 Å². The van der Waals surface area contributed by atoms with Gasteiger partial charge in [0.05, 0.1) is 0 Å². The summed E-state index contributed by atoms with van der Waals surface area (Å²) in [7, 11) is 0. The molecule has 19 heavy (non-hydrogen) atoms. The van der Waals surface area contributed by atoms with E-state index >= 15 is 0 Å². The number of rotatable bonds is 3. The quantitative estimate of drug-likeness (QED) is 0.900. The maximum absolute atomic E-state index is 6.59. The molecule has 1 fully saturated rings. The molecule has 3 atom stereocenters. The molecule has 2 aliphatic rings. The van der Waals surface area contributed by atoms with E-state index in [1.54, 1.807) is 0 Å². The Bertz CT molecular complexity index is 470. The van der Waals surface area contributed by atoms with E-state index in [0.717, 1.165) is 24.5 Å². The minimum absolute atomic E-state index is 0.0163. The van der Waals surface area contributed by atoms with Crippen molar-refractivity contribution in [3.63, 3.8) is 0 Å². The summed E-state index contributed by atoms with van der Waals surface area (Å²) >= 11 is 0. The molecule has 2 heteroatoms. The lowest BCUT2D eigenvalue weighted by atomic mass is 9.88. The van der Waals surface area contributed by atoms with E-state index in [1.807, 2.05) is 0 Å². The molecule has 1 aromatic rings. The average Bonchev–Trinajstić information content (AvgIpc) is 2.92. The molecule has 3 rings (SSSR count). The zero-order valence-electron chi connectivity index (χ0n) is 12.1. The Balaban J connectivity index is 1.64. The van der Waals surface area contributed by atoms with Crippen molar-refractivity contribution < 1.29 is 4.74 Å². The minimum atomic E-state index is 0.0163. The number of aryl methyl sites for hydroxylation is 1. The summed E-state index contributed by atoms with van der Waals surface area (Å²) in [5.41, 5.74) is 9.28. The lowest BCUT2D eigenvalue weighted by Crippen LogP contribution is -2.41. The van der Waals surface area contributed by atoms with Crippen LogP contribution in [0.25, 0.3) is 0 Å². The first-order valence-corrected chi connectivity index (χ1v) is 7.63. The summed E-state index contributed by atoms with van der Waals surface area (Å²) < 4.78 is 6.08. The molecule has 3 unspecified atom stereocenters. The monoisotopic (exact) mass is 259 g/mol. The van der Waals surface area contributed by atoms with E-state index in [4.69, 9.17) is 10.5 Å². The SMILES string of the molecule is CCC1CCC(N)(CC2Cc3cc(C)ccc3O2)C1. The Kier molecular flexibility index (Phi) is 3.30. The van der Waals surface area contributed by atoms with Crippen molar-refractivity contribution in [3.8, 4) is 5.75 Å². The highest BCUT2D eigenvalue weighted by Gasteiger charge is 2.38. The van der Waals surface area contributed by atoms with Gasteiger partial charge < -0.3 is 10.5 Å². The van der Waals surface area contributed by atoms with E-state index in [-0.39, 0.29) is 11.6 Å². The van der Waals surface area contributed by atoms with Gasteiger partial charge in [0, 0.05) is 18.4 Å². The Morgan fingerprint density at radius 1 is 1.42 bits per heavy atom. The largest absolute Gasteiger partial charge is 0.490 e. The first-order chi connectivity index (χ1) is 9.08. The molecule has 1 aliphatic heterocycles. The Morgan fingerprint density at radius 2 is 2.26 bits per heavy atom. The van der Waals surface area contributed by atoms with Crippen LogP contribution in [-0.2, 0) is 6.42 Å². The summed E-state index contributed by atoms with van der Waals surface area (Å²) in [6.45, 7) is 4.42. The Hall–Kier alpha value is -1.02. The fourth-order valence-corrected chi connectivity index (χ4v) is 3.82. The van der Waals surface area contributed by atoms with Gasteiger partial charge in [-0.25, -0.2) is 0 Å². The molecule has 0 amide bonds. The first-order valence-electron chi connectivity index (χ1n) is 7.63. The van der Waals surface area contributed by atoms with Gasteiger partial charge in [-0.3, -0.25) is 0 Å². The van der Waals surface area contributed by atoms with Gasteiger partial charge >= 0.3 is 0 Å². The number of benzene rings is 1. The van der Waals surface area contributed by atoms with Gasteiger partial charge in [-0.1, -0.05) is 31.0 Å². The van der Waals surface area contributed by atoms with Crippen LogP contribution in [-0.4, -0.2) is 11.6 Å². The summed E-state index contributed by atoms with van der Waals surface area (Å²) in [4.78, 5) is 0. The number of ether oxygens (including phenoxy) is 1. The standard InChI is InChI=1S/C17H25NO/c1-3-13-6-7-17(18,10-13)11-15-9-14-8-12(2)4-5-16(14)19-15/h4-5,8,13,15H,3,6-7,9-11,18H2,1-2H3. The smallest absolute Gasteiger partial charge is 0.123 e. The van der Waals surface area contributed by atoms with Gasteiger partial charge in [-0.15, -0.1) is 0 Å². The molecule has 1 saturated carbocycles. The van der Waals surface area contributed by atoms with Crippen molar-refractivity contribution in [2.45, 2.75) is 64.0 Å². The lowest BCUT2D eigenvalue weighted by Gasteiger charge is -2.27. The molecule has 2 nitrogen and oxygen atoms in total. The van der Waals surface area contributed by atoms with Gasteiger partial charge in [-0.2, -0.15) is 0 Å². The summed E-state index contributed by atoms with van der Waals surface area (Å²) in [5, 5.41) is 0. The maximum atomic E-state index is 6.59. The molecule has 1 aromatic carbocycles. The zero-order valence-corrected chi connectivity index (χ0v) is 12.1. The third-order valence-electron chi connectivity index (χ3n) is 4.91. The molecule has 0 bridgehead atoms. The molecule has 1 heterocycles. The minimum Gasteiger partial charge on any atom is -0.490 e. The second-order valence-corrected chi connectivity index (χ2v) is 6.64. The molecule has 0 spiro atoms. The molecule has 0 aromatic heterocycles. The van der Waals surface area contributed by atoms with Gasteiger partial charge in [0.25, 0.3) is 0 Å². The molecule has 1 aliphatic carbocycles. The average molecular weight is 259 g/mol.